The summed E-state index contributed by atoms with van der Waals surface area (Å²) < 4.78 is 0. The maximum Gasteiger partial charge on any atom is 0.323 e. The van der Waals surface area contributed by atoms with Gasteiger partial charge >= 0.3 is 5.97 Å². The molecule has 0 aromatic carbocycles. The van der Waals surface area contributed by atoms with Gasteiger partial charge in [0.15, 0.2) is 0 Å². The Labute approximate surface area is 98.8 Å². The van der Waals surface area contributed by atoms with Gasteiger partial charge in [-0.3, -0.25) is 4.79 Å². The second kappa shape index (κ2) is 7.63. The summed E-state index contributed by atoms with van der Waals surface area (Å²) in [4.78, 5) is 13.2. The quantitative estimate of drug-likeness (QED) is 0.632. The Bertz CT molecular complexity index is 209. The molecule has 0 aliphatic heterocycles. The van der Waals surface area contributed by atoms with Gasteiger partial charge < -0.3 is 15.7 Å². The number of nitrogens with zero attached hydrogens (tertiary/aromatic N) is 1. The predicted molar refractivity (Wildman–Crippen MR) is 66.5 cm³/mol. The van der Waals surface area contributed by atoms with Crippen LogP contribution >= 0.6 is 0 Å². The molecular formula is C12H26N2O2. The Morgan fingerprint density at radius 3 is 2.31 bits per heavy atom. The molecule has 0 saturated carbocycles. The van der Waals surface area contributed by atoms with Crippen molar-refractivity contribution in [1.29, 1.82) is 0 Å². The first-order valence-corrected chi connectivity index (χ1v) is 6.17. The Morgan fingerprint density at radius 1 is 1.31 bits per heavy atom. The first-order valence-electron chi connectivity index (χ1n) is 6.17. The molecule has 0 aromatic rings. The third kappa shape index (κ3) is 5.47. The number of carboxylic acid groups (broad SMARTS) is 1. The van der Waals surface area contributed by atoms with E-state index in [1.54, 1.807) is 0 Å². The zero-order valence-electron chi connectivity index (χ0n) is 10.8. The van der Waals surface area contributed by atoms with Gasteiger partial charge in [0.1, 0.15) is 5.54 Å². The van der Waals surface area contributed by atoms with E-state index in [2.05, 4.69) is 18.9 Å². The van der Waals surface area contributed by atoms with Crippen LogP contribution in [-0.2, 0) is 4.79 Å². The van der Waals surface area contributed by atoms with Gasteiger partial charge in [0.25, 0.3) is 0 Å². The average Bonchev–Trinajstić information content (AvgIpc) is 2.25. The molecule has 0 heterocycles. The summed E-state index contributed by atoms with van der Waals surface area (Å²) in [7, 11) is 2.07. The lowest BCUT2D eigenvalue weighted by Gasteiger charge is -2.24. The van der Waals surface area contributed by atoms with Crippen LogP contribution in [0.1, 0.15) is 46.0 Å². The predicted octanol–water partition coefficient (Wildman–Crippen LogP) is 1.69. The number of carbonyl (C=O) groups is 1. The summed E-state index contributed by atoms with van der Waals surface area (Å²) in [5.74, 6) is -0.883. The van der Waals surface area contributed by atoms with Crippen molar-refractivity contribution in [3.8, 4) is 0 Å². The number of carboxylic acids is 1. The van der Waals surface area contributed by atoms with Crippen molar-refractivity contribution < 1.29 is 9.90 Å². The molecule has 4 nitrogen and oxygen atoms in total. The first-order chi connectivity index (χ1) is 7.46. The number of rotatable bonds is 9. The average molecular weight is 230 g/mol. The number of hydrogen-bond acceptors (Lipinski definition) is 3. The van der Waals surface area contributed by atoms with Crippen LogP contribution in [-0.4, -0.2) is 41.7 Å². The summed E-state index contributed by atoms with van der Waals surface area (Å²) in [5.41, 5.74) is 4.77. The maximum atomic E-state index is 11.0. The summed E-state index contributed by atoms with van der Waals surface area (Å²) in [5, 5.41) is 9.00. The Morgan fingerprint density at radius 2 is 1.88 bits per heavy atom. The van der Waals surface area contributed by atoms with E-state index in [9.17, 15) is 4.79 Å². The third-order valence-electron chi connectivity index (χ3n) is 3.11. The van der Waals surface area contributed by atoms with Gasteiger partial charge in [0.2, 0.25) is 0 Å². The monoisotopic (exact) mass is 230 g/mol. The fourth-order valence-corrected chi connectivity index (χ4v) is 1.64. The molecule has 0 radical (unpaired) electrons. The van der Waals surface area contributed by atoms with E-state index in [1.165, 1.54) is 12.8 Å². The summed E-state index contributed by atoms with van der Waals surface area (Å²) in [6, 6.07) is 0. The van der Waals surface area contributed by atoms with Crippen LogP contribution in [0.4, 0.5) is 0 Å². The van der Waals surface area contributed by atoms with E-state index in [0.717, 1.165) is 19.5 Å². The molecule has 0 fully saturated rings. The molecule has 3 N–H and O–H groups in total. The lowest BCUT2D eigenvalue weighted by molar-refractivity contribution is -0.143. The summed E-state index contributed by atoms with van der Waals surface area (Å²) >= 11 is 0. The van der Waals surface area contributed by atoms with Gasteiger partial charge in [-0.25, -0.2) is 0 Å². The van der Waals surface area contributed by atoms with Crippen molar-refractivity contribution in [1.82, 2.24) is 4.90 Å². The number of unbranched alkanes of at least 4 members (excludes halogenated alkanes) is 1. The topological polar surface area (TPSA) is 66.6 Å². The minimum absolute atomic E-state index is 0.487. The molecule has 0 saturated heterocycles. The molecule has 1 atom stereocenters. The van der Waals surface area contributed by atoms with Gasteiger partial charge in [-0.05, 0) is 45.8 Å². The van der Waals surface area contributed by atoms with E-state index in [4.69, 9.17) is 10.8 Å². The lowest BCUT2D eigenvalue weighted by atomic mass is 9.92. The van der Waals surface area contributed by atoms with Gasteiger partial charge in [-0.15, -0.1) is 0 Å². The summed E-state index contributed by atoms with van der Waals surface area (Å²) in [6.07, 6.45) is 4.26. The lowest BCUT2D eigenvalue weighted by Crippen LogP contribution is -2.47. The molecule has 0 aromatic heterocycles. The number of nitrogens with two attached hydrogens (primary N) is 1. The van der Waals surface area contributed by atoms with Gasteiger partial charge in [0.05, 0.1) is 0 Å². The van der Waals surface area contributed by atoms with Crippen LogP contribution in [0.2, 0.25) is 0 Å². The standard InChI is InChI=1S/C12H26N2O2/c1-4-6-9-14(3)10-7-8-12(13,5-2)11(15)16/h4-10,13H2,1-3H3,(H,15,16). The molecule has 0 aliphatic rings. The van der Waals surface area contributed by atoms with E-state index in [1.807, 2.05) is 6.92 Å². The molecule has 0 rings (SSSR count). The highest BCUT2D eigenvalue weighted by Crippen LogP contribution is 2.14. The van der Waals surface area contributed by atoms with Crippen molar-refractivity contribution in [2.45, 2.75) is 51.5 Å². The molecule has 96 valence electrons. The fourth-order valence-electron chi connectivity index (χ4n) is 1.64. The van der Waals surface area contributed by atoms with E-state index < -0.39 is 11.5 Å². The van der Waals surface area contributed by atoms with Crippen LogP contribution < -0.4 is 5.73 Å². The van der Waals surface area contributed by atoms with Crippen molar-refractivity contribution >= 4 is 5.97 Å². The molecule has 0 spiro atoms. The SMILES string of the molecule is CCCCN(C)CCCC(N)(CC)C(=O)O. The largest absolute Gasteiger partial charge is 0.480 e. The van der Waals surface area contributed by atoms with Crippen LogP contribution in [0.5, 0.6) is 0 Å². The second-order valence-electron chi connectivity index (χ2n) is 4.58. The Hall–Kier alpha value is -0.610. The minimum atomic E-state index is -1.04. The van der Waals surface area contributed by atoms with Crippen molar-refractivity contribution in [2.24, 2.45) is 5.73 Å². The fraction of sp³-hybridized carbons (Fsp3) is 0.917. The molecule has 0 bridgehead atoms. The molecule has 1 unspecified atom stereocenters. The molecule has 4 heteroatoms. The maximum absolute atomic E-state index is 11.0. The van der Waals surface area contributed by atoms with Gasteiger partial charge in [-0.1, -0.05) is 20.3 Å². The first kappa shape index (κ1) is 15.4. The smallest absolute Gasteiger partial charge is 0.323 e. The van der Waals surface area contributed by atoms with E-state index >= 15 is 0 Å². The highest BCUT2D eigenvalue weighted by molar-refractivity contribution is 5.78. The van der Waals surface area contributed by atoms with E-state index in [0.29, 0.717) is 12.8 Å². The Kier molecular flexibility index (Phi) is 7.34. The Balaban J connectivity index is 3.82. The second-order valence-corrected chi connectivity index (χ2v) is 4.58. The number of aliphatic carboxylic acids is 1. The van der Waals surface area contributed by atoms with Crippen LogP contribution in [0, 0.1) is 0 Å². The molecular weight excluding hydrogens is 204 g/mol. The van der Waals surface area contributed by atoms with Gasteiger partial charge in [0, 0.05) is 0 Å². The van der Waals surface area contributed by atoms with Gasteiger partial charge in [-0.2, -0.15) is 0 Å². The zero-order valence-corrected chi connectivity index (χ0v) is 10.8. The summed E-state index contributed by atoms with van der Waals surface area (Å²) in [6.45, 7) is 5.99. The zero-order chi connectivity index (χ0) is 12.6. The van der Waals surface area contributed by atoms with E-state index in [-0.39, 0.29) is 0 Å². The van der Waals surface area contributed by atoms with Crippen molar-refractivity contribution in [3.05, 3.63) is 0 Å². The highest BCUT2D eigenvalue weighted by atomic mass is 16.4. The van der Waals surface area contributed by atoms with Crippen LogP contribution in [0.15, 0.2) is 0 Å². The highest BCUT2D eigenvalue weighted by Gasteiger charge is 2.30. The van der Waals surface area contributed by atoms with Crippen LogP contribution in [0.3, 0.4) is 0 Å². The van der Waals surface area contributed by atoms with Crippen LogP contribution in [0.25, 0.3) is 0 Å². The third-order valence-corrected chi connectivity index (χ3v) is 3.11. The molecule has 16 heavy (non-hydrogen) atoms. The molecule has 0 aliphatic carbocycles. The minimum Gasteiger partial charge on any atom is -0.480 e. The number of hydrogen-bond donors (Lipinski definition) is 2. The molecule has 0 amide bonds. The van der Waals surface area contributed by atoms with Crippen molar-refractivity contribution in [2.75, 3.05) is 20.1 Å². The van der Waals surface area contributed by atoms with Crippen molar-refractivity contribution in [3.63, 3.8) is 0 Å². The normalized spacial score (nSPS) is 15.1.